The SMILES string of the molecule is CCCNC(Cc1ccnc(N)c1)CC(C)OC. The van der Waals surface area contributed by atoms with Gasteiger partial charge in [-0.15, -0.1) is 0 Å². The molecule has 18 heavy (non-hydrogen) atoms. The molecule has 0 aromatic carbocycles. The van der Waals surface area contributed by atoms with Gasteiger partial charge in [0.2, 0.25) is 0 Å². The van der Waals surface area contributed by atoms with Crippen LogP contribution in [0.25, 0.3) is 0 Å². The van der Waals surface area contributed by atoms with Gasteiger partial charge in [0.05, 0.1) is 6.10 Å². The molecule has 1 aromatic rings. The molecular formula is C14H25N3O. The second kappa shape index (κ2) is 8.06. The first-order valence-electron chi connectivity index (χ1n) is 6.62. The third-order valence-electron chi connectivity index (χ3n) is 3.03. The fourth-order valence-electron chi connectivity index (χ4n) is 1.99. The van der Waals surface area contributed by atoms with Gasteiger partial charge in [-0.1, -0.05) is 6.92 Å². The highest BCUT2D eigenvalue weighted by atomic mass is 16.5. The molecule has 0 spiro atoms. The number of anilines is 1. The summed E-state index contributed by atoms with van der Waals surface area (Å²) in [5.74, 6) is 0.585. The first-order valence-corrected chi connectivity index (χ1v) is 6.62. The van der Waals surface area contributed by atoms with Crippen LogP contribution in [0.15, 0.2) is 18.3 Å². The van der Waals surface area contributed by atoms with Gasteiger partial charge in [0.1, 0.15) is 5.82 Å². The highest BCUT2D eigenvalue weighted by Gasteiger charge is 2.13. The predicted molar refractivity (Wildman–Crippen MR) is 75.5 cm³/mol. The van der Waals surface area contributed by atoms with Crippen LogP contribution in [0.4, 0.5) is 5.82 Å². The maximum Gasteiger partial charge on any atom is 0.123 e. The van der Waals surface area contributed by atoms with Crippen molar-refractivity contribution in [1.29, 1.82) is 0 Å². The number of rotatable bonds is 8. The van der Waals surface area contributed by atoms with Gasteiger partial charge >= 0.3 is 0 Å². The van der Waals surface area contributed by atoms with Crippen LogP contribution >= 0.6 is 0 Å². The molecule has 0 amide bonds. The lowest BCUT2D eigenvalue weighted by Crippen LogP contribution is -2.35. The second-order valence-corrected chi connectivity index (χ2v) is 4.73. The van der Waals surface area contributed by atoms with Crippen molar-refractivity contribution in [2.75, 3.05) is 19.4 Å². The zero-order valence-corrected chi connectivity index (χ0v) is 11.6. The third-order valence-corrected chi connectivity index (χ3v) is 3.03. The molecule has 4 heteroatoms. The van der Waals surface area contributed by atoms with E-state index in [0.29, 0.717) is 11.9 Å². The molecule has 0 radical (unpaired) electrons. The van der Waals surface area contributed by atoms with E-state index in [-0.39, 0.29) is 6.10 Å². The number of ether oxygens (including phenoxy) is 1. The topological polar surface area (TPSA) is 60.2 Å². The molecule has 0 aliphatic rings. The molecule has 3 N–H and O–H groups in total. The summed E-state index contributed by atoms with van der Waals surface area (Å²) in [6, 6.07) is 4.38. The summed E-state index contributed by atoms with van der Waals surface area (Å²) in [5, 5.41) is 3.56. The Morgan fingerprint density at radius 3 is 2.89 bits per heavy atom. The van der Waals surface area contributed by atoms with Gasteiger partial charge in [0.25, 0.3) is 0 Å². The molecule has 102 valence electrons. The number of nitrogens with one attached hydrogen (secondary N) is 1. The molecule has 0 bridgehead atoms. The number of aromatic nitrogens is 1. The minimum Gasteiger partial charge on any atom is -0.384 e. The molecule has 0 aliphatic heterocycles. The number of hydrogen-bond acceptors (Lipinski definition) is 4. The quantitative estimate of drug-likeness (QED) is 0.742. The minimum atomic E-state index is 0.263. The fourth-order valence-corrected chi connectivity index (χ4v) is 1.99. The van der Waals surface area contributed by atoms with E-state index in [1.165, 1.54) is 5.56 Å². The maximum atomic E-state index is 5.71. The van der Waals surface area contributed by atoms with E-state index in [1.54, 1.807) is 13.3 Å². The van der Waals surface area contributed by atoms with Crippen molar-refractivity contribution in [2.45, 2.75) is 45.3 Å². The van der Waals surface area contributed by atoms with Crippen LogP contribution in [0.3, 0.4) is 0 Å². The Balaban J connectivity index is 2.59. The van der Waals surface area contributed by atoms with Crippen molar-refractivity contribution in [3.8, 4) is 0 Å². The zero-order chi connectivity index (χ0) is 13.4. The lowest BCUT2D eigenvalue weighted by Gasteiger charge is -2.21. The molecule has 1 rings (SSSR count). The zero-order valence-electron chi connectivity index (χ0n) is 11.6. The van der Waals surface area contributed by atoms with Crippen molar-refractivity contribution >= 4 is 5.82 Å². The smallest absolute Gasteiger partial charge is 0.123 e. The Morgan fingerprint density at radius 1 is 1.50 bits per heavy atom. The summed E-state index contributed by atoms with van der Waals surface area (Å²) in [6.07, 6.45) is 5.12. The van der Waals surface area contributed by atoms with E-state index in [1.807, 2.05) is 12.1 Å². The van der Waals surface area contributed by atoms with Gasteiger partial charge in [-0.2, -0.15) is 0 Å². The van der Waals surface area contributed by atoms with E-state index >= 15 is 0 Å². The highest BCUT2D eigenvalue weighted by Crippen LogP contribution is 2.11. The standard InChI is InChI=1S/C14H25N3O/c1-4-6-16-13(8-11(2)18-3)9-12-5-7-17-14(15)10-12/h5,7,10-11,13,16H,4,6,8-9H2,1-3H3,(H2,15,17). The number of nitrogens with two attached hydrogens (primary N) is 1. The van der Waals surface area contributed by atoms with Gasteiger partial charge < -0.3 is 15.8 Å². The van der Waals surface area contributed by atoms with Crippen LogP contribution in [0.1, 0.15) is 32.3 Å². The summed E-state index contributed by atoms with van der Waals surface area (Å²) >= 11 is 0. The van der Waals surface area contributed by atoms with Crippen LogP contribution in [-0.4, -0.2) is 30.8 Å². The van der Waals surface area contributed by atoms with Crippen molar-refractivity contribution in [3.63, 3.8) is 0 Å². The summed E-state index contributed by atoms with van der Waals surface area (Å²) in [4.78, 5) is 4.02. The number of methoxy groups -OCH3 is 1. The normalized spacial score (nSPS) is 14.4. The number of nitrogen functional groups attached to an aromatic ring is 1. The first-order chi connectivity index (χ1) is 8.65. The summed E-state index contributed by atoms with van der Waals surface area (Å²) in [6.45, 7) is 5.30. The molecule has 1 heterocycles. The van der Waals surface area contributed by atoms with E-state index in [0.717, 1.165) is 25.8 Å². The van der Waals surface area contributed by atoms with Crippen molar-refractivity contribution < 1.29 is 4.74 Å². The number of nitrogens with zero attached hydrogens (tertiary/aromatic N) is 1. The average molecular weight is 251 g/mol. The molecule has 1 aromatic heterocycles. The van der Waals surface area contributed by atoms with Gasteiger partial charge in [0.15, 0.2) is 0 Å². The Morgan fingerprint density at radius 2 is 2.28 bits per heavy atom. The Labute approximate surface area is 110 Å². The summed E-state index contributed by atoms with van der Waals surface area (Å²) in [7, 11) is 1.76. The first kappa shape index (κ1) is 14.9. The summed E-state index contributed by atoms with van der Waals surface area (Å²) < 4.78 is 5.35. The Bertz CT molecular complexity index is 344. The van der Waals surface area contributed by atoms with E-state index in [9.17, 15) is 0 Å². The molecule has 2 atom stereocenters. The van der Waals surface area contributed by atoms with E-state index < -0.39 is 0 Å². The third kappa shape index (κ3) is 5.47. The van der Waals surface area contributed by atoms with Crippen LogP contribution in [0.5, 0.6) is 0 Å². The maximum absolute atomic E-state index is 5.71. The highest BCUT2D eigenvalue weighted by molar-refractivity contribution is 5.32. The molecule has 2 unspecified atom stereocenters. The summed E-state index contributed by atoms with van der Waals surface area (Å²) in [5.41, 5.74) is 6.93. The van der Waals surface area contributed by atoms with Crippen molar-refractivity contribution in [2.24, 2.45) is 0 Å². The lowest BCUT2D eigenvalue weighted by atomic mass is 10.0. The van der Waals surface area contributed by atoms with Gasteiger partial charge in [-0.05, 0) is 50.4 Å². The van der Waals surface area contributed by atoms with Crippen LogP contribution in [-0.2, 0) is 11.2 Å². The number of hydrogen-bond donors (Lipinski definition) is 2. The van der Waals surface area contributed by atoms with Gasteiger partial charge in [-0.25, -0.2) is 4.98 Å². The number of pyridine rings is 1. The molecule has 0 fully saturated rings. The molecule has 0 saturated heterocycles. The Hall–Kier alpha value is -1.13. The Kier molecular flexibility index (Phi) is 6.68. The van der Waals surface area contributed by atoms with Crippen LogP contribution in [0, 0.1) is 0 Å². The minimum absolute atomic E-state index is 0.263. The monoisotopic (exact) mass is 251 g/mol. The van der Waals surface area contributed by atoms with E-state index in [2.05, 4.69) is 24.1 Å². The van der Waals surface area contributed by atoms with E-state index in [4.69, 9.17) is 10.5 Å². The fraction of sp³-hybridized carbons (Fsp3) is 0.643. The van der Waals surface area contributed by atoms with Gasteiger partial charge in [0, 0.05) is 19.3 Å². The van der Waals surface area contributed by atoms with Gasteiger partial charge in [-0.3, -0.25) is 0 Å². The molecular weight excluding hydrogens is 226 g/mol. The largest absolute Gasteiger partial charge is 0.384 e. The van der Waals surface area contributed by atoms with Crippen LogP contribution < -0.4 is 11.1 Å². The lowest BCUT2D eigenvalue weighted by molar-refractivity contribution is 0.100. The molecule has 0 aliphatic carbocycles. The van der Waals surface area contributed by atoms with Crippen molar-refractivity contribution in [3.05, 3.63) is 23.9 Å². The molecule has 4 nitrogen and oxygen atoms in total. The molecule has 0 saturated carbocycles. The predicted octanol–water partition coefficient (Wildman–Crippen LogP) is 2.00. The average Bonchev–Trinajstić information content (AvgIpc) is 2.35. The van der Waals surface area contributed by atoms with Crippen LogP contribution in [0.2, 0.25) is 0 Å². The second-order valence-electron chi connectivity index (χ2n) is 4.73. The van der Waals surface area contributed by atoms with Crippen molar-refractivity contribution in [1.82, 2.24) is 10.3 Å².